The van der Waals surface area contributed by atoms with Crippen LogP contribution in [0.25, 0.3) is 0 Å². The Morgan fingerprint density at radius 3 is 2.17 bits per heavy atom. The van der Waals surface area contributed by atoms with Crippen LogP contribution in [0.15, 0.2) is 54.6 Å². The van der Waals surface area contributed by atoms with Crippen LogP contribution in [0.4, 0.5) is 0 Å². The molecule has 3 atom stereocenters. The molecule has 0 saturated carbocycles. The first-order chi connectivity index (χ1) is 16.7. The summed E-state index contributed by atoms with van der Waals surface area (Å²) in [5.41, 5.74) is 1.77. The van der Waals surface area contributed by atoms with Crippen LogP contribution in [-0.2, 0) is 32.1 Å². The first-order valence-corrected chi connectivity index (χ1v) is 12.3. The van der Waals surface area contributed by atoms with Crippen molar-refractivity contribution in [2.45, 2.75) is 51.0 Å². The molecule has 2 N–H and O–H groups in total. The minimum absolute atomic E-state index is 0.0100. The van der Waals surface area contributed by atoms with Gasteiger partial charge in [0, 0.05) is 18.7 Å². The van der Waals surface area contributed by atoms with Crippen LogP contribution in [0.2, 0.25) is 0 Å². The first kappa shape index (κ1) is 28.2. The minimum Gasteiger partial charge on any atom is -0.497 e. The second-order valence-electron chi connectivity index (χ2n) is 8.88. The van der Waals surface area contributed by atoms with E-state index in [-0.39, 0.29) is 30.8 Å². The Bertz CT molecular complexity index is 950. The Labute approximate surface area is 213 Å². The van der Waals surface area contributed by atoms with E-state index in [1.54, 1.807) is 7.11 Å². The number of hydrogen-bond acceptors (Lipinski definition) is 6. The lowest BCUT2D eigenvalue weighted by atomic mass is 9.91. The van der Waals surface area contributed by atoms with Gasteiger partial charge in [-0.3, -0.25) is 14.4 Å². The van der Waals surface area contributed by atoms with Crippen molar-refractivity contribution in [3.05, 3.63) is 65.7 Å². The molecule has 7 nitrogen and oxygen atoms in total. The molecule has 2 aromatic rings. The third-order valence-electron chi connectivity index (χ3n) is 5.62. The van der Waals surface area contributed by atoms with Gasteiger partial charge in [-0.15, -0.1) is 0 Å². The number of benzene rings is 2. The summed E-state index contributed by atoms with van der Waals surface area (Å²) in [4.78, 5) is 38.3. The van der Waals surface area contributed by atoms with Crippen LogP contribution in [-0.4, -0.2) is 43.2 Å². The number of methoxy groups -OCH3 is 1. The van der Waals surface area contributed by atoms with Gasteiger partial charge in [-0.2, -0.15) is 12.6 Å². The summed E-state index contributed by atoms with van der Waals surface area (Å²) in [5.74, 6) is -0.682. The molecule has 190 valence electrons. The smallest absolute Gasteiger partial charge is 0.307 e. The van der Waals surface area contributed by atoms with Gasteiger partial charge in [0.25, 0.3) is 0 Å². The van der Waals surface area contributed by atoms with E-state index < -0.39 is 23.2 Å². The van der Waals surface area contributed by atoms with Gasteiger partial charge in [0.15, 0.2) is 0 Å². The fourth-order valence-electron chi connectivity index (χ4n) is 3.72. The third kappa shape index (κ3) is 9.64. The molecule has 2 aromatic carbocycles. The number of likely N-dealkylation sites (N-methyl/N-ethyl adjacent to an activating group) is 1. The molecule has 0 bridgehead atoms. The number of ether oxygens (including phenoxy) is 2. The Balaban J connectivity index is 2.05. The van der Waals surface area contributed by atoms with E-state index in [0.717, 1.165) is 11.1 Å². The third-order valence-corrected chi connectivity index (χ3v) is 6.17. The molecule has 0 aliphatic heterocycles. The summed E-state index contributed by atoms with van der Waals surface area (Å²) in [6.45, 7) is 4.17. The van der Waals surface area contributed by atoms with Crippen molar-refractivity contribution in [3.63, 3.8) is 0 Å². The average molecular weight is 501 g/mol. The van der Waals surface area contributed by atoms with Gasteiger partial charge in [-0.1, -0.05) is 56.3 Å². The summed E-state index contributed by atoms with van der Waals surface area (Å²) in [5, 5.41) is 4.95. The second-order valence-corrected chi connectivity index (χ2v) is 9.54. The van der Waals surface area contributed by atoms with Crippen LogP contribution in [0.3, 0.4) is 0 Å². The number of thiol groups is 1. The van der Waals surface area contributed by atoms with Gasteiger partial charge in [0.2, 0.25) is 11.8 Å². The normalized spacial score (nSPS) is 13.4. The maximum absolute atomic E-state index is 13.3. The molecule has 0 aliphatic rings. The number of amides is 2. The number of hydrogen-bond donors (Lipinski definition) is 3. The number of carbonyl (C=O) groups excluding carboxylic acids is 3. The minimum atomic E-state index is -0.763. The molecule has 0 unspecified atom stereocenters. The van der Waals surface area contributed by atoms with Gasteiger partial charge in [0.05, 0.1) is 19.4 Å². The van der Waals surface area contributed by atoms with Gasteiger partial charge in [0.1, 0.15) is 18.4 Å². The molecule has 0 aliphatic carbocycles. The monoisotopic (exact) mass is 500 g/mol. The van der Waals surface area contributed by atoms with Gasteiger partial charge in [-0.25, -0.2) is 0 Å². The maximum Gasteiger partial charge on any atom is 0.307 e. The Morgan fingerprint density at radius 2 is 1.60 bits per heavy atom. The van der Waals surface area contributed by atoms with Crippen LogP contribution in [0, 0.1) is 11.8 Å². The first-order valence-electron chi connectivity index (χ1n) is 11.8. The topological polar surface area (TPSA) is 93.7 Å². The van der Waals surface area contributed by atoms with Gasteiger partial charge in [-0.05, 0) is 35.6 Å². The summed E-state index contributed by atoms with van der Waals surface area (Å²) < 4.78 is 10.6. The molecule has 2 rings (SSSR count). The Kier molecular flexibility index (Phi) is 11.6. The van der Waals surface area contributed by atoms with Crippen LogP contribution in [0.1, 0.15) is 37.8 Å². The lowest BCUT2D eigenvalue weighted by Gasteiger charge is -2.26. The van der Waals surface area contributed by atoms with Crippen molar-refractivity contribution in [1.82, 2.24) is 10.6 Å². The number of nitrogens with one attached hydrogen (secondary N) is 2. The second kappa shape index (κ2) is 14.4. The zero-order valence-corrected chi connectivity index (χ0v) is 21.7. The molecule has 0 heterocycles. The Hall–Kier alpha value is -3.00. The fraction of sp³-hybridized carbons (Fsp3) is 0.444. The molecule has 8 heteroatoms. The molecule has 35 heavy (non-hydrogen) atoms. The number of carbonyl (C=O) groups is 3. The summed E-state index contributed by atoms with van der Waals surface area (Å²) in [6.07, 6.45) is 0.832. The Morgan fingerprint density at radius 1 is 0.943 bits per heavy atom. The standard InChI is InChI=1S/C27H36N2O5S/c1-18(2)14-22(24(35)16-25(30)34-17-20-8-6-5-7-9-20)26(31)29-23(27(32)28-3)15-19-10-12-21(33-4)13-11-19/h5-13,18,22-24,35H,14-17H2,1-4H3,(H,28,32)(H,29,31)/t22-,23-,24-/m0/s1. The predicted molar refractivity (Wildman–Crippen MR) is 139 cm³/mol. The zero-order chi connectivity index (χ0) is 25.8. The van der Waals surface area contributed by atoms with Gasteiger partial charge < -0.3 is 20.1 Å². The van der Waals surface area contributed by atoms with Crippen molar-refractivity contribution in [2.75, 3.05) is 14.2 Å². The number of esters is 1. The average Bonchev–Trinajstić information content (AvgIpc) is 2.85. The lowest BCUT2D eigenvalue weighted by Crippen LogP contribution is -2.50. The molecule has 2 amide bonds. The molecule has 0 aromatic heterocycles. The van der Waals surface area contributed by atoms with E-state index in [1.807, 2.05) is 68.4 Å². The van der Waals surface area contributed by atoms with Crippen molar-refractivity contribution in [2.24, 2.45) is 11.8 Å². The highest BCUT2D eigenvalue weighted by Gasteiger charge is 2.31. The summed E-state index contributed by atoms with van der Waals surface area (Å²) in [7, 11) is 3.12. The predicted octanol–water partition coefficient (Wildman–Crippen LogP) is 3.56. The van der Waals surface area contributed by atoms with E-state index in [1.165, 1.54) is 7.05 Å². The quantitative estimate of drug-likeness (QED) is 0.289. The van der Waals surface area contributed by atoms with Crippen LogP contribution >= 0.6 is 12.6 Å². The zero-order valence-electron chi connectivity index (χ0n) is 20.8. The molecular weight excluding hydrogens is 464 g/mol. The van der Waals surface area contributed by atoms with Crippen molar-refractivity contribution in [3.8, 4) is 5.75 Å². The number of rotatable bonds is 13. The van der Waals surface area contributed by atoms with E-state index in [4.69, 9.17) is 9.47 Å². The van der Waals surface area contributed by atoms with E-state index in [0.29, 0.717) is 18.6 Å². The van der Waals surface area contributed by atoms with E-state index in [9.17, 15) is 14.4 Å². The molecule has 0 radical (unpaired) electrons. The highest BCUT2D eigenvalue weighted by atomic mass is 32.1. The lowest BCUT2D eigenvalue weighted by molar-refractivity contribution is -0.145. The van der Waals surface area contributed by atoms with Gasteiger partial charge >= 0.3 is 5.97 Å². The van der Waals surface area contributed by atoms with E-state index in [2.05, 4.69) is 23.3 Å². The largest absolute Gasteiger partial charge is 0.497 e. The molecular formula is C27H36N2O5S. The van der Waals surface area contributed by atoms with Crippen molar-refractivity contribution >= 4 is 30.4 Å². The van der Waals surface area contributed by atoms with Crippen LogP contribution < -0.4 is 15.4 Å². The van der Waals surface area contributed by atoms with E-state index >= 15 is 0 Å². The van der Waals surface area contributed by atoms with Crippen LogP contribution in [0.5, 0.6) is 5.75 Å². The van der Waals surface area contributed by atoms with Crippen molar-refractivity contribution in [1.29, 1.82) is 0 Å². The SMILES string of the molecule is CNC(=O)[C@H](Cc1ccc(OC)cc1)NC(=O)[C@@H](CC(C)C)[C@@H](S)CC(=O)OCc1ccccc1. The maximum atomic E-state index is 13.3. The highest BCUT2D eigenvalue weighted by molar-refractivity contribution is 7.81. The molecule has 0 fully saturated rings. The fourth-order valence-corrected chi connectivity index (χ4v) is 4.12. The van der Waals surface area contributed by atoms with Crippen molar-refractivity contribution < 1.29 is 23.9 Å². The highest BCUT2D eigenvalue weighted by Crippen LogP contribution is 2.24. The summed E-state index contributed by atoms with van der Waals surface area (Å²) >= 11 is 4.60. The molecule has 0 saturated heterocycles. The summed E-state index contributed by atoms with van der Waals surface area (Å²) in [6, 6.07) is 16.0. The molecule has 0 spiro atoms.